The summed E-state index contributed by atoms with van der Waals surface area (Å²) >= 11 is 0. The number of aromatic nitrogens is 4. The SMILES string of the molecule is COc1ccccc1CNC(=O)CCn1c(=O)c2ccccc2n(Cc2cc(=O)n3ccccc3n2)c1=O. The van der Waals surface area contributed by atoms with Crippen LogP contribution in [0.4, 0.5) is 0 Å². The number of fused-ring (bicyclic) bond motifs is 2. The van der Waals surface area contributed by atoms with E-state index in [2.05, 4.69) is 10.3 Å². The first kappa shape index (κ1) is 24.7. The van der Waals surface area contributed by atoms with E-state index in [4.69, 9.17) is 4.74 Å². The van der Waals surface area contributed by atoms with Gasteiger partial charge in [-0.3, -0.25) is 27.9 Å². The number of hydrogen-bond donors (Lipinski definition) is 1. The Hall–Kier alpha value is -4.99. The van der Waals surface area contributed by atoms with Crippen molar-refractivity contribution >= 4 is 22.5 Å². The van der Waals surface area contributed by atoms with Crippen LogP contribution in [0.3, 0.4) is 0 Å². The largest absolute Gasteiger partial charge is 0.496 e. The molecule has 192 valence electrons. The number of rotatable bonds is 8. The minimum Gasteiger partial charge on any atom is -0.496 e. The van der Waals surface area contributed by atoms with E-state index in [1.165, 1.54) is 15.0 Å². The Kier molecular flexibility index (Phi) is 6.86. The molecule has 10 heteroatoms. The van der Waals surface area contributed by atoms with E-state index in [9.17, 15) is 19.2 Å². The Morgan fingerprint density at radius 2 is 1.71 bits per heavy atom. The maximum atomic E-state index is 13.5. The molecule has 5 rings (SSSR count). The Balaban J connectivity index is 1.43. The predicted molar refractivity (Wildman–Crippen MR) is 142 cm³/mol. The molecule has 2 aromatic carbocycles. The van der Waals surface area contributed by atoms with Crippen LogP contribution in [0.2, 0.25) is 0 Å². The highest BCUT2D eigenvalue weighted by atomic mass is 16.5. The van der Waals surface area contributed by atoms with Crippen molar-refractivity contribution in [3.63, 3.8) is 0 Å². The number of carbonyl (C=O) groups excluding carboxylic acids is 1. The Morgan fingerprint density at radius 1 is 0.947 bits per heavy atom. The highest BCUT2D eigenvalue weighted by molar-refractivity contribution is 5.78. The molecule has 0 saturated carbocycles. The molecule has 3 aromatic heterocycles. The number of carbonyl (C=O) groups is 1. The molecular formula is C28H25N5O5. The zero-order valence-corrected chi connectivity index (χ0v) is 20.7. The second-order valence-corrected chi connectivity index (χ2v) is 8.70. The third kappa shape index (κ3) is 4.83. The third-order valence-corrected chi connectivity index (χ3v) is 6.31. The van der Waals surface area contributed by atoms with Gasteiger partial charge in [-0.15, -0.1) is 0 Å². The number of ether oxygens (including phenoxy) is 1. The maximum Gasteiger partial charge on any atom is 0.331 e. The molecule has 0 aliphatic heterocycles. The van der Waals surface area contributed by atoms with Crippen LogP contribution in [0.15, 0.2) is 93.4 Å². The summed E-state index contributed by atoms with van der Waals surface area (Å²) in [6, 6.07) is 20.7. The van der Waals surface area contributed by atoms with Gasteiger partial charge in [-0.25, -0.2) is 9.78 Å². The van der Waals surface area contributed by atoms with E-state index in [0.717, 1.165) is 10.1 Å². The molecule has 1 amide bonds. The quantitative estimate of drug-likeness (QED) is 0.340. The van der Waals surface area contributed by atoms with Gasteiger partial charge in [-0.1, -0.05) is 36.4 Å². The molecule has 0 saturated heterocycles. The van der Waals surface area contributed by atoms with Crippen molar-refractivity contribution in [2.45, 2.75) is 26.1 Å². The summed E-state index contributed by atoms with van der Waals surface area (Å²) in [5.74, 6) is 0.342. The third-order valence-electron chi connectivity index (χ3n) is 6.31. The summed E-state index contributed by atoms with van der Waals surface area (Å²) < 4.78 is 9.18. The molecule has 0 spiro atoms. The van der Waals surface area contributed by atoms with Gasteiger partial charge in [-0.2, -0.15) is 0 Å². The van der Waals surface area contributed by atoms with Gasteiger partial charge in [0.05, 0.1) is 30.3 Å². The highest BCUT2D eigenvalue weighted by Gasteiger charge is 2.15. The van der Waals surface area contributed by atoms with Crippen LogP contribution < -0.4 is 26.9 Å². The fourth-order valence-electron chi connectivity index (χ4n) is 4.41. The lowest BCUT2D eigenvalue weighted by atomic mass is 10.2. The summed E-state index contributed by atoms with van der Waals surface area (Å²) in [4.78, 5) is 56.4. The van der Waals surface area contributed by atoms with Crippen LogP contribution in [0, 0.1) is 0 Å². The van der Waals surface area contributed by atoms with E-state index in [-0.39, 0.29) is 37.5 Å². The van der Waals surface area contributed by atoms with Crippen molar-refractivity contribution in [1.82, 2.24) is 23.8 Å². The van der Waals surface area contributed by atoms with Crippen LogP contribution >= 0.6 is 0 Å². The zero-order valence-electron chi connectivity index (χ0n) is 20.7. The van der Waals surface area contributed by atoms with Gasteiger partial charge in [0.2, 0.25) is 5.91 Å². The van der Waals surface area contributed by atoms with E-state index in [0.29, 0.717) is 28.0 Å². The fraction of sp³-hybridized carbons (Fsp3) is 0.179. The van der Waals surface area contributed by atoms with Crippen molar-refractivity contribution in [2.75, 3.05) is 7.11 Å². The topological polar surface area (TPSA) is 117 Å². The van der Waals surface area contributed by atoms with Crippen LogP contribution in [0.1, 0.15) is 17.7 Å². The van der Waals surface area contributed by atoms with Crippen LogP contribution in [-0.4, -0.2) is 31.5 Å². The molecule has 0 unspecified atom stereocenters. The summed E-state index contributed by atoms with van der Waals surface area (Å²) in [5, 5.41) is 3.14. The number of para-hydroxylation sites is 2. The number of amides is 1. The first-order valence-electron chi connectivity index (χ1n) is 12.0. The normalized spacial score (nSPS) is 11.1. The molecule has 0 atom stereocenters. The summed E-state index contributed by atoms with van der Waals surface area (Å²) in [6.45, 7) is 0.136. The molecule has 5 aromatic rings. The molecule has 0 bridgehead atoms. The first-order chi connectivity index (χ1) is 18.5. The van der Waals surface area contributed by atoms with Crippen LogP contribution in [0.5, 0.6) is 5.75 Å². The first-order valence-corrected chi connectivity index (χ1v) is 12.0. The minimum atomic E-state index is -0.582. The number of pyridine rings is 1. The van der Waals surface area contributed by atoms with E-state index in [1.54, 1.807) is 61.8 Å². The predicted octanol–water partition coefficient (Wildman–Crippen LogP) is 1.93. The summed E-state index contributed by atoms with van der Waals surface area (Å²) in [5.41, 5.74) is 0.734. The van der Waals surface area contributed by atoms with E-state index < -0.39 is 11.2 Å². The van der Waals surface area contributed by atoms with Gasteiger partial charge in [0.25, 0.3) is 11.1 Å². The molecular weight excluding hydrogens is 486 g/mol. The van der Waals surface area contributed by atoms with Crippen molar-refractivity contribution in [2.24, 2.45) is 0 Å². The molecule has 0 radical (unpaired) electrons. The van der Waals surface area contributed by atoms with E-state index >= 15 is 0 Å². The van der Waals surface area contributed by atoms with Crippen molar-refractivity contribution in [3.05, 3.63) is 121 Å². The van der Waals surface area contributed by atoms with Gasteiger partial charge in [0, 0.05) is 37.3 Å². The van der Waals surface area contributed by atoms with Crippen molar-refractivity contribution < 1.29 is 9.53 Å². The van der Waals surface area contributed by atoms with Crippen LogP contribution in [0.25, 0.3) is 16.6 Å². The number of benzene rings is 2. The summed E-state index contributed by atoms with van der Waals surface area (Å²) in [7, 11) is 1.56. The average Bonchev–Trinajstić information content (AvgIpc) is 2.94. The van der Waals surface area contributed by atoms with E-state index in [1.807, 2.05) is 18.2 Å². The lowest BCUT2D eigenvalue weighted by molar-refractivity contribution is -0.121. The monoisotopic (exact) mass is 511 g/mol. The van der Waals surface area contributed by atoms with Gasteiger partial charge in [-0.05, 0) is 30.3 Å². The van der Waals surface area contributed by atoms with Crippen molar-refractivity contribution in [3.8, 4) is 5.75 Å². The van der Waals surface area contributed by atoms with Gasteiger partial charge >= 0.3 is 5.69 Å². The molecule has 10 nitrogen and oxygen atoms in total. The molecule has 0 aliphatic rings. The lowest BCUT2D eigenvalue weighted by Crippen LogP contribution is -2.41. The Bertz CT molecular complexity index is 1840. The van der Waals surface area contributed by atoms with Gasteiger partial charge in [0.15, 0.2) is 0 Å². The molecule has 3 heterocycles. The molecule has 0 aliphatic carbocycles. The molecule has 1 N–H and O–H groups in total. The highest BCUT2D eigenvalue weighted by Crippen LogP contribution is 2.16. The number of nitrogens with one attached hydrogen (secondary N) is 1. The standard InChI is InChI=1S/C28H25N5O5/c1-38-23-11-5-2-8-19(23)17-29-25(34)13-15-32-27(36)21-9-3-4-10-22(21)33(28(32)37)18-20-16-26(35)31-14-7-6-12-24(31)30-20/h2-12,14,16H,13,15,17-18H2,1H3,(H,29,34). The smallest absolute Gasteiger partial charge is 0.331 e. The number of hydrogen-bond acceptors (Lipinski definition) is 6. The number of methoxy groups -OCH3 is 1. The molecule has 0 fully saturated rings. The zero-order chi connectivity index (χ0) is 26.6. The van der Waals surface area contributed by atoms with Gasteiger partial charge < -0.3 is 10.1 Å². The minimum absolute atomic E-state index is 0.0136. The van der Waals surface area contributed by atoms with Crippen LogP contribution in [-0.2, 0) is 24.4 Å². The second kappa shape index (κ2) is 10.6. The fourth-order valence-corrected chi connectivity index (χ4v) is 4.41. The second-order valence-electron chi connectivity index (χ2n) is 8.70. The Labute approximate surface area is 216 Å². The maximum absolute atomic E-state index is 13.5. The van der Waals surface area contributed by atoms with Gasteiger partial charge in [0.1, 0.15) is 11.4 Å². The molecule has 38 heavy (non-hydrogen) atoms. The lowest BCUT2D eigenvalue weighted by Gasteiger charge is -2.14. The van der Waals surface area contributed by atoms with Crippen molar-refractivity contribution in [1.29, 1.82) is 0 Å². The number of nitrogens with zero attached hydrogens (tertiary/aromatic N) is 4. The summed E-state index contributed by atoms with van der Waals surface area (Å²) in [6.07, 6.45) is 1.55. The average molecular weight is 512 g/mol. The Morgan fingerprint density at radius 3 is 2.55 bits per heavy atom.